The number of fused-ring (bicyclic) bond motifs is 1. The molecular weight excluding hydrogens is 316 g/mol. The van der Waals surface area contributed by atoms with Crippen molar-refractivity contribution in [1.29, 1.82) is 0 Å². The molecule has 1 aliphatic carbocycles. The van der Waals surface area contributed by atoms with Gasteiger partial charge in [0.2, 0.25) is 11.8 Å². The topological polar surface area (TPSA) is 49.9 Å². The Kier molecular flexibility index (Phi) is 4.50. The van der Waals surface area contributed by atoms with Gasteiger partial charge in [0.25, 0.3) is 0 Å². The number of anilines is 1. The van der Waals surface area contributed by atoms with Gasteiger partial charge in [0.1, 0.15) is 0 Å². The summed E-state index contributed by atoms with van der Waals surface area (Å²) in [5.41, 5.74) is 2.29. The Balaban J connectivity index is 1.44. The third kappa shape index (κ3) is 3.17. The number of rotatable bonds is 6. The molecule has 134 valence electrons. The SMILES string of the molecule is CCO[C@@H]1C[C@@H]1C(=O)N1C[C@@H](CCN2CCCC2=O)c2ccccc21. The van der Waals surface area contributed by atoms with E-state index in [0.29, 0.717) is 18.9 Å². The minimum absolute atomic E-state index is 0.0203. The van der Waals surface area contributed by atoms with E-state index in [9.17, 15) is 9.59 Å². The number of benzene rings is 1. The van der Waals surface area contributed by atoms with Crippen LogP contribution in [-0.4, -0.2) is 49.1 Å². The largest absolute Gasteiger partial charge is 0.378 e. The van der Waals surface area contributed by atoms with E-state index in [1.807, 2.05) is 34.9 Å². The van der Waals surface area contributed by atoms with Crippen molar-refractivity contribution in [3.05, 3.63) is 29.8 Å². The van der Waals surface area contributed by atoms with Gasteiger partial charge >= 0.3 is 0 Å². The van der Waals surface area contributed by atoms with Crippen molar-refractivity contribution in [2.45, 2.75) is 44.6 Å². The molecule has 5 nitrogen and oxygen atoms in total. The van der Waals surface area contributed by atoms with Crippen LogP contribution in [0.4, 0.5) is 5.69 Å². The fourth-order valence-corrected chi connectivity index (χ4v) is 4.23. The van der Waals surface area contributed by atoms with Crippen molar-refractivity contribution in [2.24, 2.45) is 5.92 Å². The second kappa shape index (κ2) is 6.79. The second-order valence-corrected chi connectivity index (χ2v) is 7.31. The number of carbonyl (C=O) groups excluding carboxylic acids is 2. The molecule has 0 unspecified atom stereocenters. The van der Waals surface area contributed by atoms with Gasteiger partial charge in [-0.15, -0.1) is 0 Å². The van der Waals surface area contributed by atoms with E-state index in [1.54, 1.807) is 0 Å². The van der Waals surface area contributed by atoms with Crippen LogP contribution in [-0.2, 0) is 14.3 Å². The highest BCUT2D eigenvalue weighted by molar-refractivity contribution is 5.99. The van der Waals surface area contributed by atoms with Gasteiger partial charge in [0.15, 0.2) is 0 Å². The lowest BCUT2D eigenvalue weighted by atomic mass is 9.98. The molecule has 0 aromatic heterocycles. The van der Waals surface area contributed by atoms with Crippen molar-refractivity contribution < 1.29 is 14.3 Å². The minimum atomic E-state index is 0.0203. The summed E-state index contributed by atoms with van der Waals surface area (Å²) in [6.07, 6.45) is 3.54. The standard InChI is InChI=1S/C20H26N2O3/c1-2-25-18-12-16(18)20(24)22-13-14(15-6-3-4-7-17(15)22)9-11-21-10-5-8-19(21)23/h3-4,6-7,14,16,18H,2,5,8-13H2,1H3/t14-,16+,18-/m1/s1. The van der Waals surface area contributed by atoms with Gasteiger partial charge in [-0.25, -0.2) is 0 Å². The van der Waals surface area contributed by atoms with E-state index >= 15 is 0 Å². The van der Waals surface area contributed by atoms with Crippen molar-refractivity contribution >= 4 is 17.5 Å². The lowest BCUT2D eigenvalue weighted by Gasteiger charge is -2.20. The van der Waals surface area contributed by atoms with E-state index in [0.717, 1.165) is 44.6 Å². The molecule has 1 saturated heterocycles. The molecule has 3 aliphatic rings. The Morgan fingerprint density at radius 2 is 2.16 bits per heavy atom. The van der Waals surface area contributed by atoms with Gasteiger partial charge in [-0.1, -0.05) is 18.2 Å². The molecule has 2 heterocycles. The lowest BCUT2D eigenvalue weighted by molar-refractivity contribution is -0.127. The van der Waals surface area contributed by atoms with E-state index in [4.69, 9.17) is 4.74 Å². The van der Waals surface area contributed by atoms with Crippen LogP contribution in [0.15, 0.2) is 24.3 Å². The molecule has 1 saturated carbocycles. The van der Waals surface area contributed by atoms with Gasteiger partial charge in [0.05, 0.1) is 12.0 Å². The highest BCUT2D eigenvalue weighted by Gasteiger charge is 2.48. The zero-order valence-corrected chi connectivity index (χ0v) is 14.8. The number of hydrogen-bond donors (Lipinski definition) is 0. The van der Waals surface area contributed by atoms with Crippen LogP contribution >= 0.6 is 0 Å². The first-order chi connectivity index (χ1) is 12.2. The van der Waals surface area contributed by atoms with E-state index in [2.05, 4.69) is 6.07 Å². The smallest absolute Gasteiger partial charge is 0.232 e. The number of ether oxygens (including phenoxy) is 1. The predicted molar refractivity (Wildman–Crippen MR) is 95.5 cm³/mol. The molecule has 3 atom stereocenters. The second-order valence-electron chi connectivity index (χ2n) is 7.31. The first kappa shape index (κ1) is 16.6. The maximum absolute atomic E-state index is 12.9. The Labute approximate surface area is 148 Å². The Bertz CT molecular complexity index is 675. The fraction of sp³-hybridized carbons (Fsp3) is 0.600. The quantitative estimate of drug-likeness (QED) is 0.798. The average molecular weight is 342 g/mol. The van der Waals surface area contributed by atoms with Crippen molar-refractivity contribution in [2.75, 3.05) is 31.1 Å². The summed E-state index contributed by atoms with van der Waals surface area (Å²) in [5, 5.41) is 0. The third-order valence-electron chi connectivity index (χ3n) is 5.69. The summed E-state index contributed by atoms with van der Waals surface area (Å²) in [7, 11) is 0. The number of hydrogen-bond acceptors (Lipinski definition) is 3. The molecule has 1 aromatic rings. The molecule has 25 heavy (non-hydrogen) atoms. The Morgan fingerprint density at radius 1 is 1.32 bits per heavy atom. The van der Waals surface area contributed by atoms with Crippen molar-refractivity contribution in [3.8, 4) is 0 Å². The van der Waals surface area contributed by atoms with Crippen LogP contribution in [0.1, 0.15) is 44.1 Å². The third-order valence-corrected chi connectivity index (χ3v) is 5.69. The minimum Gasteiger partial charge on any atom is -0.378 e. The number of likely N-dealkylation sites (tertiary alicyclic amines) is 1. The molecular formula is C20H26N2O3. The molecule has 0 radical (unpaired) electrons. The van der Waals surface area contributed by atoms with Crippen LogP contribution in [0.3, 0.4) is 0 Å². The molecule has 4 rings (SSSR count). The van der Waals surface area contributed by atoms with Crippen LogP contribution in [0, 0.1) is 5.92 Å². The fourth-order valence-electron chi connectivity index (χ4n) is 4.23. The van der Waals surface area contributed by atoms with E-state index in [1.165, 1.54) is 5.56 Å². The van der Waals surface area contributed by atoms with Gasteiger partial charge in [-0.2, -0.15) is 0 Å². The van der Waals surface area contributed by atoms with Gasteiger partial charge in [0, 0.05) is 44.3 Å². The van der Waals surface area contributed by atoms with Crippen LogP contribution < -0.4 is 4.90 Å². The molecule has 2 amide bonds. The monoisotopic (exact) mass is 342 g/mol. The van der Waals surface area contributed by atoms with Gasteiger partial charge in [-0.3, -0.25) is 9.59 Å². The first-order valence-corrected chi connectivity index (χ1v) is 9.48. The summed E-state index contributed by atoms with van der Waals surface area (Å²) in [5.74, 6) is 0.812. The Hall–Kier alpha value is -1.88. The van der Waals surface area contributed by atoms with E-state index in [-0.39, 0.29) is 23.8 Å². The maximum atomic E-state index is 12.9. The normalized spacial score (nSPS) is 27.7. The highest BCUT2D eigenvalue weighted by Crippen LogP contribution is 2.43. The van der Waals surface area contributed by atoms with Gasteiger partial charge in [-0.05, 0) is 37.8 Å². The van der Waals surface area contributed by atoms with Crippen molar-refractivity contribution in [3.63, 3.8) is 0 Å². The molecule has 1 aromatic carbocycles. The van der Waals surface area contributed by atoms with E-state index < -0.39 is 0 Å². The molecule has 2 fully saturated rings. The van der Waals surface area contributed by atoms with Crippen LogP contribution in [0.25, 0.3) is 0 Å². The predicted octanol–water partition coefficient (Wildman–Crippen LogP) is 2.55. The summed E-state index contributed by atoms with van der Waals surface area (Å²) >= 11 is 0. The molecule has 0 bridgehead atoms. The summed E-state index contributed by atoms with van der Waals surface area (Å²) in [6, 6.07) is 8.22. The van der Waals surface area contributed by atoms with Gasteiger partial charge < -0.3 is 14.5 Å². The number of carbonyl (C=O) groups is 2. The zero-order valence-electron chi connectivity index (χ0n) is 14.8. The maximum Gasteiger partial charge on any atom is 0.232 e. The molecule has 5 heteroatoms. The molecule has 2 aliphatic heterocycles. The number of amides is 2. The summed E-state index contributed by atoms with van der Waals surface area (Å²) in [4.78, 5) is 28.7. The zero-order chi connectivity index (χ0) is 17.4. The van der Waals surface area contributed by atoms with Crippen LogP contribution in [0.5, 0.6) is 0 Å². The molecule has 0 N–H and O–H groups in total. The number of para-hydroxylation sites is 1. The average Bonchev–Trinajstić information content (AvgIpc) is 3.11. The Morgan fingerprint density at radius 3 is 2.92 bits per heavy atom. The first-order valence-electron chi connectivity index (χ1n) is 9.48. The number of nitrogens with zero attached hydrogens (tertiary/aromatic N) is 2. The highest BCUT2D eigenvalue weighted by atomic mass is 16.5. The van der Waals surface area contributed by atoms with Crippen molar-refractivity contribution in [1.82, 2.24) is 4.90 Å². The summed E-state index contributed by atoms with van der Waals surface area (Å²) in [6.45, 7) is 5.05. The lowest BCUT2D eigenvalue weighted by Crippen LogP contribution is -2.33. The van der Waals surface area contributed by atoms with Crippen LogP contribution in [0.2, 0.25) is 0 Å². The molecule has 0 spiro atoms. The summed E-state index contributed by atoms with van der Waals surface area (Å²) < 4.78 is 5.60.